The average molecular weight is 525 g/mol. The molecule has 1 N–H and O–H groups in total. The number of alkyl halides is 1. The van der Waals surface area contributed by atoms with Gasteiger partial charge in [-0.2, -0.15) is 0 Å². The van der Waals surface area contributed by atoms with Crippen LogP contribution in [0.3, 0.4) is 0 Å². The zero-order chi connectivity index (χ0) is 24.7. The first-order valence-corrected chi connectivity index (χ1v) is 12.2. The van der Waals surface area contributed by atoms with Crippen LogP contribution in [-0.4, -0.2) is 101 Å². The van der Waals surface area contributed by atoms with Gasteiger partial charge in [0.2, 0.25) is 0 Å². The zero-order valence-corrected chi connectivity index (χ0v) is 22.3. The van der Waals surface area contributed by atoms with E-state index in [2.05, 4.69) is 15.9 Å². The highest BCUT2D eigenvalue weighted by molar-refractivity contribution is 9.09. The summed E-state index contributed by atoms with van der Waals surface area (Å²) < 4.78 is 21.6. The number of ether oxygens (including phenoxy) is 4. The quantitative estimate of drug-likeness (QED) is 0.552. The van der Waals surface area contributed by atoms with E-state index in [0.717, 1.165) is 5.33 Å². The number of amides is 2. The molecular weight excluding hydrogens is 484 g/mol. The van der Waals surface area contributed by atoms with Crippen LogP contribution >= 0.6 is 15.9 Å². The maximum Gasteiger partial charge on any atom is 0.410 e. The van der Waals surface area contributed by atoms with E-state index in [0.29, 0.717) is 26.3 Å². The molecule has 2 amide bonds. The first-order chi connectivity index (χ1) is 14.7. The maximum absolute atomic E-state index is 11.9. The van der Waals surface area contributed by atoms with Crippen LogP contribution in [0.4, 0.5) is 9.59 Å². The number of aliphatic hydroxyl groups excluding tert-OH is 1. The van der Waals surface area contributed by atoms with Gasteiger partial charge in [0.05, 0.1) is 57.2 Å². The number of morpholine rings is 2. The van der Waals surface area contributed by atoms with Gasteiger partial charge in [-0.15, -0.1) is 0 Å². The van der Waals surface area contributed by atoms with Crippen molar-refractivity contribution < 1.29 is 33.6 Å². The largest absolute Gasteiger partial charge is 0.444 e. The van der Waals surface area contributed by atoms with Gasteiger partial charge in [0.25, 0.3) is 0 Å². The first-order valence-electron chi connectivity index (χ1n) is 11.1. The van der Waals surface area contributed by atoms with Crippen molar-refractivity contribution in [2.24, 2.45) is 0 Å². The maximum atomic E-state index is 11.9. The minimum absolute atomic E-state index is 0.0161. The Labute approximate surface area is 200 Å². The molecule has 2 saturated heterocycles. The van der Waals surface area contributed by atoms with Crippen LogP contribution in [0.25, 0.3) is 0 Å². The minimum atomic E-state index is -0.496. The van der Waals surface area contributed by atoms with E-state index in [1.54, 1.807) is 9.80 Å². The predicted octanol–water partition coefficient (Wildman–Crippen LogP) is 3.41. The summed E-state index contributed by atoms with van der Waals surface area (Å²) in [5, 5.41) is 9.74. The number of rotatable bonds is 2. The molecular formula is C22H41BrN2O7. The van der Waals surface area contributed by atoms with Crippen molar-refractivity contribution in [2.75, 3.05) is 38.2 Å². The number of halogens is 1. The lowest BCUT2D eigenvalue weighted by Crippen LogP contribution is -2.53. The summed E-state index contributed by atoms with van der Waals surface area (Å²) in [6, 6.07) is 0.0581. The molecule has 32 heavy (non-hydrogen) atoms. The molecule has 2 heterocycles. The highest BCUT2D eigenvalue weighted by atomic mass is 79.9. The number of carbonyl (C=O) groups is 2. The molecule has 2 aliphatic heterocycles. The van der Waals surface area contributed by atoms with Crippen LogP contribution in [-0.2, 0) is 18.9 Å². The topological polar surface area (TPSA) is 97.8 Å². The minimum Gasteiger partial charge on any atom is -0.444 e. The van der Waals surface area contributed by atoms with E-state index in [1.807, 2.05) is 55.4 Å². The lowest BCUT2D eigenvalue weighted by Gasteiger charge is -2.38. The summed E-state index contributed by atoms with van der Waals surface area (Å²) in [4.78, 5) is 27.1. The fourth-order valence-electron chi connectivity index (χ4n) is 2.99. The number of nitrogens with zero attached hydrogens (tertiary/aromatic N) is 2. The molecule has 0 unspecified atom stereocenters. The van der Waals surface area contributed by atoms with Crippen LogP contribution < -0.4 is 0 Å². The van der Waals surface area contributed by atoms with Crippen molar-refractivity contribution in [1.29, 1.82) is 0 Å². The summed E-state index contributed by atoms with van der Waals surface area (Å²) in [5.41, 5.74) is -0.942. The van der Waals surface area contributed by atoms with Crippen LogP contribution in [0.1, 0.15) is 55.4 Å². The van der Waals surface area contributed by atoms with E-state index >= 15 is 0 Å². The third-order valence-corrected chi connectivity index (χ3v) is 5.36. The monoisotopic (exact) mass is 524 g/mol. The van der Waals surface area contributed by atoms with Crippen molar-refractivity contribution in [2.45, 2.75) is 90.9 Å². The Hall–Kier alpha value is -1.10. The fourth-order valence-corrected chi connectivity index (χ4v) is 3.38. The van der Waals surface area contributed by atoms with Gasteiger partial charge in [0.15, 0.2) is 0 Å². The molecule has 0 radical (unpaired) electrons. The van der Waals surface area contributed by atoms with Crippen LogP contribution in [0.2, 0.25) is 0 Å². The van der Waals surface area contributed by atoms with Crippen molar-refractivity contribution in [3.8, 4) is 0 Å². The summed E-state index contributed by atoms with van der Waals surface area (Å²) >= 11 is 3.37. The van der Waals surface area contributed by atoms with E-state index < -0.39 is 11.2 Å². The van der Waals surface area contributed by atoms with Gasteiger partial charge in [-0.05, 0) is 55.4 Å². The Morgan fingerprint density at radius 1 is 0.875 bits per heavy atom. The second kappa shape index (κ2) is 12.4. The lowest BCUT2D eigenvalue weighted by atomic mass is 10.2. The van der Waals surface area contributed by atoms with E-state index in [4.69, 9.17) is 24.1 Å². The first kappa shape index (κ1) is 28.9. The second-order valence-electron chi connectivity index (χ2n) is 10.2. The zero-order valence-electron chi connectivity index (χ0n) is 20.7. The van der Waals surface area contributed by atoms with Gasteiger partial charge in [0, 0.05) is 5.33 Å². The Kier molecular flexibility index (Phi) is 11.2. The molecule has 0 aromatic carbocycles. The van der Waals surface area contributed by atoms with Crippen LogP contribution in [0.15, 0.2) is 0 Å². The predicted molar refractivity (Wildman–Crippen MR) is 125 cm³/mol. The highest BCUT2D eigenvalue weighted by Gasteiger charge is 2.33. The van der Waals surface area contributed by atoms with E-state index in [1.165, 1.54) is 0 Å². The Balaban J connectivity index is 0.000000320. The van der Waals surface area contributed by atoms with E-state index in [-0.39, 0.29) is 43.1 Å². The molecule has 10 heteroatoms. The molecule has 2 aliphatic rings. The summed E-state index contributed by atoms with van der Waals surface area (Å²) in [6.45, 7) is 16.9. The van der Waals surface area contributed by atoms with Gasteiger partial charge in [-0.25, -0.2) is 9.59 Å². The Morgan fingerprint density at radius 3 is 1.59 bits per heavy atom. The summed E-state index contributed by atoms with van der Waals surface area (Å²) in [5.74, 6) is 0. The SMILES string of the molecule is C[C@H]1CO[C@H](CBr)CN1C(=O)OC(C)(C)C.C[C@H]1CO[C@H](CO)CN1C(=O)OC(C)(C)C. The number of hydrogen-bond donors (Lipinski definition) is 1. The molecule has 9 nitrogen and oxygen atoms in total. The highest BCUT2D eigenvalue weighted by Crippen LogP contribution is 2.18. The molecule has 2 fully saturated rings. The molecule has 0 saturated carbocycles. The Bertz CT molecular complexity index is 554. The smallest absolute Gasteiger partial charge is 0.410 e. The molecule has 0 aliphatic carbocycles. The summed E-state index contributed by atoms with van der Waals surface area (Å²) in [6.07, 6.45) is -0.844. The van der Waals surface area contributed by atoms with Gasteiger partial charge >= 0.3 is 12.2 Å². The molecule has 0 bridgehead atoms. The van der Waals surface area contributed by atoms with Gasteiger partial charge < -0.3 is 33.9 Å². The third-order valence-electron chi connectivity index (χ3n) is 4.64. The molecule has 0 aromatic heterocycles. The normalized spacial score (nSPS) is 26.7. The van der Waals surface area contributed by atoms with E-state index in [9.17, 15) is 9.59 Å². The standard InChI is InChI=1S/C11H20BrNO3.C11H21NO4/c1-8-7-15-9(5-12)6-13(8)10(14)16-11(2,3)4;1-8-7-15-9(6-13)5-12(8)10(14)16-11(2,3)4/h8-9H,5-7H2,1-4H3;8-9,13H,5-7H2,1-4H3/t8-,9+;8-,9-/m00/s1. The molecule has 4 atom stereocenters. The van der Waals surface area contributed by atoms with Crippen molar-refractivity contribution in [3.63, 3.8) is 0 Å². The molecule has 188 valence electrons. The van der Waals surface area contributed by atoms with Gasteiger partial charge in [-0.1, -0.05) is 15.9 Å². The lowest BCUT2D eigenvalue weighted by molar-refractivity contribution is -0.0806. The second-order valence-corrected chi connectivity index (χ2v) is 10.9. The molecule has 2 rings (SSSR count). The van der Waals surface area contributed by atoms with Crippen molar-refractivity contribution in [3.05, 3.63) is 0 Å². The third kappa shape index (κ3) is 10.2. The van der Waals surface area contributed by atoms with Gasteiger partial charge in [0.1, 0.15) is 11.2 Å². The molecule has 0 spiro atoms. The van der Waals surface area contributed by atoms with Gasteiger partial charge in [-0.3, -0.25) is 0 Å². The fraction of sp³-hybridized carbons (Fsp3) is 0.909. The number of hydrogen-bond acceptors (Lipinski definition) is 7. The van der Waals surface area contributed by atoms with Crippen LogP contribution in [0, 0.1) is 0 Å². The number of aliphatic hydroxyl groups is 1. The Morgan fingerprint density at radius 2 is 1.25 bits per heavy atom. The molecule has 0 aromatic rings. The van der Waals surface area contributed by atoms with Crippen molar-refractivity contribution in [1.82, 2.24) is 9.80 Å². The van der Waals surface area contributed by atoms with Crippen molar-refractivity contribution >= 4 is 28.1 Å². The average Bonchev–Trinajstić information content (AvgIpc) is 2.66. The van der Waals surface area contributed by atoms with Crippen LogP contribution in [0.5, 0.6) is 0 Å². The number of carbonyl (C=O) groups excluding carboxylic acids is 2. The summed E-state index contributed by atoms with van der Waals surface area (Å²) in [7, 11) is 0.